The molecule has 2 aromatic heterocycles. The van der Waals surface area contributed by atoms with Crippen LogP contribution in [0.15, 0.2) is 30.3 Å². The molecule has 1 fully saturated rings. The van der Waals surface area contributed by atoms with Crippen LogP contribution in [0.2, 0.25) is 0 Å². The molecular formula is C20H22N4O. The largest absolute Gasteiger partial charge is 0.494 e. The van der Waals surface area contributed by atoms with Gasteiger partial charge in [-0.3, -0.25) is 0 Å². The minimum atomic E-state index is 0.785. The van der Waals surface area contributed by atoms with Crippen molar-refractivity contribution < 1.29 is 4.74 Å². The molecule has 0 unspecified atom stereocenters. The van der Waals surface area contributed by atoms with Gasteiger partial charge in [-0.05, 0) is 51.0 Å². The zero-order valence-corrected chi connectivity index (χ0v) is 14.9. The molecule has 25 heavy (non-hydrogen) atoms. The lowest BCUT2D eigenvalue weighted by molar-refractivity contribution is 0.419. The summed E-state index contributed by atoms with van der Waals surface area (Å²) in [5.41, 5.74) is 4.83. The Morgan fingerprint density at radius 3 is 2.48 bits per heavy atom. The lowest BCUT2D eigenvalue weighted by Gasteiger charge is -2.17. The molecule has 128 valence electrons. The van der Waals surface area contributed by atoms with E-state index >= 15 is 0 Å². The molecule has 0 bridgehead atoms. The Hall–Kier alpha value is -2.69. The van der Waals surface area contributed by atoms with Gasteiger partial charge in [0.1, 0.15) is 11.3 Å². The second kappa shape index (κ2) is 6.31. The number of rotatable bonds is 3. The Bertz CT molecular complexity index is 932. The van der Waals surface area contributed by atoms with Crippen molar-refractivity contribution in [3.8, 4) is 17.0 Å². The molecule has 3 heterocycles. The molecule has 0 amide bonds. The summed E-state index contributed by atoms with van der Waals surface area (Å²) in [6.07, 6.45) is 2.42. The van der Waals surface area contributed by atoms with E-state index in [0.717, 1.165) is 58.3 Å². The van der Waals surface area contributed by atoms with Gasteiger partial charge < -0.3 is 9.64 Å². The van der Waals surface area contributed by atoms with Gasteiger partial charge in [0.2, 0.25) is 5.95 Å². The topological polar surface area (TPSA) is 51.1 Å². The summed E-state index contributed by atoms with van der Waals surface area (Å²) >= 11 is 0. The molecule has 1 aliphatic heterocycles. The van der Waals surface area contributed by atoms with Gasteiger partial charge in [0.25, 0.3) is 0 Å². The third-order valence-electron chi connectivity index (χ3n) is 4.69. The van der Waals surface area contributed by atoms with Gasteiger partial charge in [-0.25, -0.2) is 15.0 Å². The molecule has 0 radical (unpaired) electrons. The van der Waals surface area contributed by atoms with Gasteiger partial charge in [-0.2, -0.15) is 0 Å². The third kappa shape index (κ3) is 2.90. The van der Waals surface area contributed by atoms with E-state index in [2.05, 4.69) is 27.0 Å². The molecule has 1 saturated heterocycles. The number of hydrogen-bond donors (Lipinski definition) is 0. The van der Waals surface area contributed by atoms with Crippen LogP contribution in [0, 0.1) is 13.8 Å². The number of methoxy groups -OCH3 is 1. The third-order valence-corrected chi connectivity index (χ3v) is 4.69. The number of aromatic nitrogens is 3. The Morgan fingerprint density at radius 1 is 0.920 bits per heavy atom. The standard InChI is InChI=1S/C20H22N4O/c1-13-6-7-16-15(8-9-18(25-3)19(16)21-13)17-12-14(2)22-20(23-17)24-10-4-5-11-24/h6-9,12H,4-5,10-11H2,1-3H3. The van der Waals surface area contributed by atoms with E-state index in [1.54, 1.807) is 7.11 Å². The van der Waals surface area contributed by atoms with Crippen LogP contribution in [0.4, 0.5) is 5.95 Å². The van der Waals surface area contributed by atoms with Crippen molar-refractivity contribution in [2.24, 2.45) is 0 Å². The Kier molecular flexibility index (Phi) is 3.99. The summed E-state index contributed by atoms with van der Waals surface area (Å²) in [6, 6.07) is 10.2. The van der Waals surface area contributed by atoms with Crippen molar-refractivity contribution in [2.45, 2.75) is 26.7 Å². The number of nitrogens with zero attached hydrogens (tertiary/aromatic N) is 4. The van der Waals surface area contributed by atoms with Crippen LogP contribution < -0.4 is 9.64 Å². The van der Waals surface area contributed by atoms with Crippen molar-refractivity contribution in [1.82, 2.24) is 15.0 Å². The molecule has 1 aromatic carbocycles. The predicted molar refractivity (Wildman–Crippen MR) is 100 cm³/mol. The maximum absolute atomic E-state index is 5.50. The van der Waals surface area contributed by atoms with Gasteiger partial charge in [-0.1, -0.05) is 6.07 Å². The number of anilines is 1. The first-order chi connectivity index (χ1) is 12.2. The molecule has 0 aliphatic carbocycles. The molecule has 0 spiro atoms. The zero-order chi connectivity index (χ0) is 17.4. The Morgan fingerprint density at radius 2 is 1.72 bits per heavy atom. The van der Waals surface area contributed by atoms with Gasteiger partial charge in [0, 0.05) is 35.4 Å². The highest BCUT2D eigenvalue weighted by atomic mass is 16.5. The highest BCUT2D eigenvalue weighted by molar-refractivity contribution is 5.97. The first kappa shape index (κ1) is 15.8. The maximum atomic E-state index is 5.50. The number of pyridine rings is 1. The minimum Gasteiger partial charge on any atom is -0.494 e. The molecule has 0 saturated carbocycles. The summed E-state index contributed by atoms with van der Waals surface area (Å²) in [5, 5.41) is 1.05. The second-order valence-electron chi connectivity index (χ2n) is 6.55. The number of fused-ring (bicyclic) bond motifs is 1. The second-order valence-corrected chi connectivity index (χ2v) is 6.55. The fourth-order valence-corrected chi connectivity index (χ4v) is 3.43. The van der Waals surface area contributed by atoms with E-state index in [1.165, 1.54) is 12.8 Å². The van der Waals surface area contributed by atoms with Gasteiger partial charge in [0.15, 0.2) is 0 Å². The zero-order valence-electron chi connectivity index (χ0n) is 14.9. The van der Waals surface area contributed by atoms with Gasteiger partial charge >= 0.3 is 0 Å². The molecule has 1 aliphatic rings. The van der Waals surface area contributed by atoms with Crippen molar-refractivity contribution >= 4 is 16.9 Å². The van der Waals surface area contributed by atoms with Crippen LogP contribution in [0.5, 0.6) is 5.75 Å². The smallest absolute Gasteiger partial charge is 0.226 e. The highest BCUT2D eigenvalue weighted by Crippen LogP contribution is 2.33. The van der Waals surface area contributed by atoms with E-state index in [0.29, 0.717) is 0 Å². The van der Waals surface area contributed by atoms with Crippen molar-refractivity contribution in [2.75, 3.05) is 25.1 Å². The van der Waals surface area contributed by atoms with E-state index in [9.17, 15) is 0 Å². The van der Waals surface area contributed by atoms with Crippen molar-refractivity contribution in [3.63, 3.8) is 0 Å². The fourth-order valence-electron chi connectivity index (χ4n) is 3.43. The Labute approximate surface area is 147 Å². The number of hydrogen-bond acceptors (Lipinski definition) is 5. The minimum absolute atomic E-state index is 0.785. The Balaban J connectivity index is 1.90. The quantitative estimate of drug-likeness (QED) is 0.727. The van der Waals surface area contributed by atoms with E-state index in [4.69, 9.17) is 9.72 Å². The normalized spacial score (nSPS) is 14.3. The van der Waals surface area contributed by atoms with Gasteiger partial charge in [0.05, 0.1) is 12.8 Å². The molecule has 0 atom stereocenters. The SMILES string of the molecule is COc1ccc(-c2cc(C)nc(N3CCCC3)n2)c2ccc(C)nc12. The predicted octanol–water partition coefficient (Wildman–Crippen LogP) is 3.92. The van der Waals surface area contributed by atoms with Crippen molar-refractivity contribution in [3.05, 3.63) is 41.7 Å². The van der Waals surface area contributed by atoms with Gasteiger partial charge in [-0.15, -0.1) is 0 Å². The summed E-state index contributed by atoms with van der Waals surface area (Å²) in [7, 11) is 1.68. The lowest BCUT2D eigenvalue weighted by Crippen LogP contribution is -2.20. The number of ether oxygens (including phenoxy) is 1. The van der Waals surface area contributed by atoms with E-state index in [1.807, 2.05) is 32.0 Å². The van der Waals surface area contributed by atoms with Crippen LogP contribution >= 0.6 is 0 Å². The molecule has 4 rings (SSSR count). The van der Waals surface area contributed by atoms with Crippen molar-refractivity contribution in [1.29, 1.82) is 0 Å². The summed E-state index contributed by atoms with van der Waals surface area (Å²) in [5.74, 6) is 1.62. The molecule has 3 aromatic rings. The molecule has 5 heteroatoms. The summed E-state index contributed by atoms with van der Waals surface area (Å²) < 4.78 is 5.50. The fraction of sp³-hybridized carbons (Fsp3) is 0.350. The van der Waals surface area contributed by atoms with Crippen LogP contribution in [-0.2, 0) is 0 Å². The average molecular weight is 334 g/mol. The monoisotopic (exact) mass is 334 g/mol. The molecule has 0 N–H and O–H groups in total. The van der Waals surface area contributed by atoms with Crippen LogP contribution in [0.25, 0.3) is 22.2 Å². The summed E-state index contributed by atoms with van der Waals surface area (Å²) in [4.78, 5) is 16.4. The summed E-state index contributed by atoms with van der Waals surface area (Å²) in [6.45, 7) is 6.09. The number of benzene rings is 1. The lowest BCUT2D eigenvalue weighted by atomic mass is 10.0. The van der Waals surface area contributed by atoms with Crippen LogP contribution in [0.1, 0.15) is 24.2 Å². The molecule has 5 nitrogen and oxygen atoms in total. The maximum Gasteiger partial charge on any atom is 0.226 e. The number of aryl methyl sites for hydroxylation is 2. The van der Waals surface area contributed by atoms with E-state index in [-0.39, 0.29) is 0 Å². The van der Waals surface area contributed by atoms with Crippen LogP contribution in [-0.4, -0.2) is 35.2 Å². The highest BCUT2D eigenvalue weighted by Gasteiger charge is 2.18. The van der Waals surface area contributed by atoms with Crippen LogP contribution in [0.3, 0.4) is 0 Å². The average Bonchev–Trinajstić information content (AvgIpc) is 3.15. The first-order valence-corrected chi connectivity index (χ1v) is 8.71. The van der Waals surface area contributed by atoms with E-state index < -0.39 is 0 Å². The molecular weight excluding hydrogens is 312 g/mol. The first-order valence-electron chi connectivity index (χ1n) is 8.71.